The number of nitrogens with two attached hydrogens (primary N) is 1. The predicted octanol–water partition coefficient (Wildman–Crippen LogP) is 1.01. The molecule has 0 unspecified atom stereocenters. The summed E-state index contributed by atoms with van der Waals surface area (Å²) in [5, 5.41) is 4.32. The van der Waals surface area contributed by atoms with Crippen LogP contribution in [0, 0.1) is 13.8 Å². The Morgan fingerprint density at radius 2 is 2.14 bits per heavy atom. The lowest BCUT2D eigenvalue weighted by Gasteiger charge is -1.97. The van der Waals surface area contributed by atoms with Gasteiger partial charge < -0.3 is 10.7 Å². The Bertz CT molecular complexity index is 466. The third-order valence-electron chi connectivity index (χ3n) is 2.37. The highest BCUT2D eigenvalue weighted by Crippen LogP contribution is 2.24. The number of aromatic nitrogens is 4. The van der Waals surface area contributed by atoms with Gasteiger partial charge in [0.05, 0.1) is 17.6 Å². The van der Waals surface area contributed by atoms with Crippen molar-refractivity contribution in [1.82, 2.24) is 19.7 Å². The number of hydrogen-bond acceptors (Lipinski definition) is 3. The summed E-state index contributed by atoms with van der Waals surface area (Å²) in [5.41, 5.74) is 9.61. The number of nitrogens with one attached hydrogen (secondary N) is 1. The van der Waals surface area contributed by atoms with Gasteiger partial charge in [-0.15, -0.1) is 0 Å². The van der Waals surface area contributed by atoms with Crippen molar-refractivity contribution < 1.29 is 0 Å². The Morgan fingerprint density at radius 3 is 2.57 bits per heavy atom. The molecule has 2 rings (SSSR count). The van der Waals surface area contributed by atoms with E-state index in [0.717, 1.165) is 22.6 Å². The largest absolute Gasteiger partial charge is 0.369 e. The van der Waals surface area contributed by atoms with Crippen LogP contribution in [0.25, 0.3) is 11.3 Å². The number of rotatable bonds is 1. The van der Waals surface area contributed by atoms with Crippen molar-refractivity contribution in [1.29, 1.82) is 0 Å². The Balaban J connectivity index is 2.61. The monoisotopic (exact) mass is 191 g/mol. The lowest BCUT2D eigenvalue weighted by Crippen LogP contribution is -1.92. The van der Waals surface area contributed by atoms with Gasteiger partial charge in [-0.3, -0.25) is 4.68 Å². The number of aryl methyl sites for hydroxylation is 2. The molecule has 0 aromatic carbocycles. The van der Waals surface area contributed by atoms with Crippen LogP contribution in [0.5, 0.6) is 0 Å². The fourth-order valence-corrected chi connectivity index (χ4v) is 1.63. The predicted molar refractivity (Wildman–Crippen MR) is 54.7 cm³/mol. The molecule has 2 aromatic heterocycles. The van der Waals surface area contributed by atoms with Gasteiger partial charge in [-0.25, -0.2) is 4.98 Å². The third kappa shape index (κ3) is 1.17. The first-order valence-corrected chi connectivity index (χ1v) is 4.40. The summed E-state index contributed by atoms with van der Waals surface area (Å²) in [7, 11) is 1.92. The molecule has 14 heavy (non-hydrogen) atoms. The van der Waals surface area contributed by atoms with Crippen LogP contribution in [0.3, 0.4) is 0 Å². The van der Waals surface area contributed by atoms with Gasteiger partial charge in [0, 0.05) is 18.3 Å². The van der Waals surface area contributed by atoms with E-state index in [2.05, 4.69) is 15.1 Å². The summed E-state index contributed by atoms with van der Waals surface area (Å²) in [6.07, 6.45) is 1.73. The number of H-pyrrole nitrogens is 1. The summed E-state index contributed by atoms with van der Waals surface area (Å²) in [6, 6.07) is 0. The molecule has 2 aromatic rings. The second-order valence-corrected chi connectivity index (χ2v) is 3.35. The summed E-state index contributed by atoms with van der Waals surface area (Å²) in [6.45, 7) is 3.99. The second kappa shape index (κ2) is 2.87. The van der Waals surface area contributed by atoms with Gasteiger partial charge in [-0.2, -0.15) is 5.10 Å². The van der Waals surface area contributed by atoms with Crippen LogP contribution in [0.15, 0.2) is 6.20 Å². The maximum atomic E-state index is 5.53. The highest BCUT2D eigenvalue weighted by molar-refractivity contribution is 5.65. The number of aromatic amines is 1. The van der Waals surface area contributed by atoms with Crippen LogP contribution in [-0.4, -0.2) is 19.7 Å². The minimum Gasteiger partial charge on any atom is -0.369 e. The van der Waals surface area contributed by atoms with Crippen molar-refractivity contribution in [3.8, 4) is 11.3 Å². The van der Waals surface area contributed by atoms with Crippen LogP contribution in [0.1, 0.15) is 11.4 Å². The Morgan fingerprint density at radius 1 is 1.43 bits per heavy atom. The van der Waals surface area contributed by atoms with E-state index in [0.29, 0.717) is 5.95 Å². The topological polar surface area (TPSA) is 72.5 Å². The summed E-state index contributed by atoms with van der Waals surface area (Å²) in [5.74, 6) is 0.433. The Kier molecular flexibility index (Phi) is 1.80. The molecule has 2 heterocycles. The molecule has 5 heteroatoms. The van der Waals surface area contributed by atoms with Crippen LogP contribution >= 0.6 is 0 Å². The van der Waals surface area contributed by atoms with Crippen LogP contribution in [-0.2, 0) is 7.05 Å². The van der Waals surface area contributed by atoms with Gasteiger partial charge in [0.1, 0.15) is 0 Å². The molecule has 0 fully saturated rings. The molecule has 0 radical (unpaired) electrons. The standard InChI is InChI=1S/C9H13N5/c1-5-8(6(2)14(3)13-5)7-4-11-9(10)12-7/h4H,1-3H3,(H3,10,11,12). The van der Waals surface area contributed by atoms with E-state index >= 15 is 0 Å². The smallest absolute Gasteiger partial charge is 0.197 e. The van der Waals surface area contributed by atoms with Crippen molar-refractivity contribution in [2.45, 2.75) is 13.8 Å². The lowest BCUT2D eigenvalue weighted by atomic mass is 10.1. The molecule has 0 aliphatic rings. The summed E-state index contributed by atoms with van der Waals surface area (Å²) < 4.78 is 1.85. The zero-order valence-electron chi connectivity index (χ0n) is 8.50. The van der Waals surface area contributed by atoms with E-state index in [4.69, 9.17) is 5.73 Å². The minimum absolute atomic E-state index is 0.433. The molecule has 74 valence electrons. The normalized spacial score (nSPS) is 10.8. The summed E-state index contributed by atoms with van der Waals surface area (Å²) in [4.78, 5) is 6.97. The van der Waals surface area contributed by atoms with Crippen LogP contribution < -0.4 is 5.73 Å². The SMILES string of the molecule is Cc1nn(C)c(C)c1-c1cnc(N)[nH]1. The molecule has 0 atom stereocenters. The van der Waals surface area contributed by atoms with Gasteiger partial charge in [-0.1, -0.05) is 0 Å². The average Bonchev–Trinajstić information content (AvgIpc) is 2.60. The van der Waals surface area contributed by atoms with Gasteiger partial charge in [0.2, 0.25) is 0 Å². The zero-order valence-corrected chi connectivity index (χ0v) is 8.50. The number of nitrogens with zero attached hydrogens (tertiary/aromatic N) is 3. The molecular weight excluding hydrogens is 178 g/mol. The molecule has 0 saturated heterocycles. The number of anilines is 1. The first-order chi connectivity index (χ1) is 6.59. The van der Waals surface area contributed by atoms with Gasteiger partial charge in [0.15, 0.2) is 5.95 Å². The maximum absolute atomic E-state index is 5.53. The number of imidazole rings is 1. The van der Waals surface area contributed by atoms with E-state index in [-0.39, 0.29) is 0 Å². The highest BCUT2D eigenvalue weighted by Gasteiger charge is 2.12. The Hall–Kier alpha value is -1.78. The molecular formula is C9H13N5. The van der Waals surface area contributed by atoms with E-state index in [1.165, 1.54) is 0 Å². The molecule has 0 saturated carbocycles. The molecule has 5 nitrogen and oxygen atoms in total. The first kappa shape index (κ1) is 8.80. The molecule has 0 spiro atoms. The van der Waals surface area contributed by atoms with Crippen molar-refractivity contribution in [3.05, 3.63) is 17.6 Å². The lowest BCUT2D eigenvalue weighted by molar-refractivity contribution is 0.731. The first-order valence-electron chi connectivity index (χ1n) is 4.40. The van der Waals surface area contributed by atoms with E-state index < -0.39 is 0 Å². The van der Waals surface area contributed by atoms with Gasteiger partial charge >= 0.3 is 0 Å². The van der Waals surface area contributed by atoms with E-state index in [9.17, 15) is 0 Å². The number of nitrogen functional groups attached to an aromatic ring is 1. The van der Waals surface area contributed by atoms with E-state index in [1.54, 1.807) is 6.20 Å². The maximum Gasteiger partial charge on any atom is 0.197 e. The average molecular weight is 191 g/mol. The zero-order chi connectivity index (χ0) is 10.3. The fourth-order valence-electron chi connectivity index (χ4n) is 1.63. The van der Waals surface area contributed by atoms with Crippen LogP contribution in [0.2, 0.25) is 0 Å². The quantitative estimate of drug-likeness (QED) is 0.706. The third-order valence-corrected chi connectivity index (χ3v) is 2.37. The molecule has 0 amide bonds. The van der Waals surface area contributed by atoms with E-state index in [1.807, 2.05) is 25.6 Å². The van der Waals surface area contributed by atoms with Crippen molar-refractivity contribution >= 4 is 5.95 Å². The van der Waals surface area contributed by atoms with Gasteiger partial charge in [0.25, 0.3) is 0 Å². The highest BCUT2D eigenvalue weighted by atomic mass is 15.3. The van der Waals surface area contributed by atoms with Crippen molar-refractivity contribution in [2.75, 3.05) is 5.73 Å². The molecule has 3 N–H and O–H groups in total. The molecule has 0 aliphatic heterocycles. The minimum atomic E-state index is 0.433. The van der Waals surface area contributed by atoms with Gasteiger partial charge in [-0.05, 0) is 13.8 Å². The van der Waals surface area contributed by atoms with Crippen molar-refractivity contribution in [3.63, 3.8) is 0 Å². The van der Waals surface area contributed by atoms with Crippen LogP contribution in [0.4, 0.5) is 5.95 Å². The van der Waals surface area contributed by atoms with Crippen molar-refractivity contribution in [2.24, 2.45) is 7.05 Å². The second-order valence-electron chi connectivity index (χ2n) is 3.35. The molecule has 0 bridgehead atoms. The summed E-state index contributed by atoms with van der Waals surface area (Å²) >= 11 is 0. The fraction of sp³-hybridized carbons (Fsp3) is 0.333. The number of hydrogen-bond donors (Lipinski definition) is 2. The molecule has 0 aliphatic carbocycles. The Labute approximate surface area is 82.0 Å².